The molecule has 4 rings (SSSR count). The average molecular weight is 409 g/mol. The molecule has 0 aliphatic heterocycles. The number of oxazole rings is 1. The number of H-pyrrole nitrogens is 1. The van der Waals surface area contributed by atoms with Gasteiger partial charge in [0.15, 0.2) is 5.58 Å². The maximum absolute atomic E-state index is 12.2. The lowest BCUT2D eigenvalue weighted by Gasteiger charge is -2.06. The number of amides is 1. The van der Waals surface area contributed by atoms with Gasteiger partial charge in [-0.15, -0.1) is 0 Å². The first-order valence-electron chi connectivity index (χ1n) is 8.97. The highest BCUT2D eigenvalue weighted by atomic mass is 16.6. The zero-order chi connectivity index (χ0) is 21.3. The van der Waals surface area contributed by atoms with E-state index in [-0.39, 0.29) is 35.7 Å². The molecule has 0 aliphatic carbocycles. The van der Waals surface area contributed by atoms with Gasteiger partial charge in [0.05, 0.1) is 33.7 Å². The molecule has 0 unspecified atom stereocenters. The summed E-state index contributed by atoms with van der Waals surface area (Å²) in [7, 11) is 0. The van der Waals surface area contributed by atoms with E-state index < -0.39 is 10.7 Å². The zero-order valence-corrected chi connectivity index (χ0v) is 15.5. The van der Waals surface area contributed by atoms with Gasteiger partial charge < -0.3 is 14.7 Å². The number of nitro benzene ring substituents is 1. The Morgan fingerprint density at radius 3 is 2.87 bits per heavy atom. The molecule has 0 spiro atoms. The number of aryl methyl sites for hydroxylation is 1. The summed E-state index contributed by atoms with van der Waals surface area (Å²) in [6.45, 7) is 0.207. The van der Waals surface area contributed by atoms with Crippen molar-refractivity contribution < 1.29 is 14.1 Å². The average Bonchev–Trinajstić information content (AvgIpc) is 3.03. The number of nitro groups is 1. The third-order valence-electron chi connectivity index (χ3n) is 4.57. The van der Waals surface area contributed by atoms with E-state index in [2.05, 4.69) is 15.3 Å². The van der Waals surface area contributed by atoms with Crippen molar-refractivity contribution in [2.75, 3.05) is 5.32 Å². The number of hydrogen-bond donors (Lipinski definition) is 2. The van der Waals surface area contributed by atoms with Crippen LogP contribution in [0.3, 0.4) is 0 Å². The van der Waals surface area contributed by atoms with Crippen LogP contribution in [-0.4, -0.2) is 25.4 Å². The van der Waals surface area contributed by atoms with Crippen molar-refractivity contribution in [1.82, 2.24) is 14.5 Å². The minimum absolute atomic E-state index is 0.119. The number of carbonyl (C=O) groups excluding carboxylic acids is 1. The number of non-ortho nitro benzene ring substituents is 1. The van der Waals surface area contributed by atoms with Crippen LogP contribution < -0.4 is 16.6 Å². The maximum atomic E-state index is 12.2. The van der Waals surface area contributed by atoms with E-state index in [1.807, 2.05) is 0 Å². The Morgan fingerprint density at radius 2 is 2.07 bits per heavy atom. The predicted octanol–water partition coefficient (Wildman–Crippen LogP) is 2.16. The highest BCUT2D eigenvalue weighted by Gasteiger charge is 2.14. The first kappa shape index (κ1) is 19.1. The fraction of sp³-hybridized carbons (Fsp3) is 0.158. The quantitative estimate of drug-likeness (QED) is 0.365. The molecule has 0 saturated carbocycles. The summed E-state index contributed by atoms with van der Waals surface area (Å²) in [5.41, 5.74) is 1.04. The van der Waals surface area contributed by atoms with E-state index in [4.69, 9.17) is 4.42 Å². The molecule has 0 atom stereocenters. The van der Waals surface area contributed by atoms with E-state index >= 15 is 0 Å². The van der Waals surface area contributed by atoms with Gasteiger partial charge in [0.2, 0.25) is 5.91 Å². The Balaban J connectivity index is 1.42. The molecule has 11 nitrogen and oxygen atoms in total. The number of carbonyl (C=O) groups is 1. The molecule has 0 bridgehead atoms. The molecule has 11 heteroatoms. The Morgan fingerprint density at radius 1 is 1.23 bits per heavy atom. The second-order valence-corrected chi connectivity index (χ2v) is 6.54. The fourth-order valence-corrected chi connectivity index (χ4v) is 3.15. The SMILES string of the molecule is O=C(CCCn1c(=O)oc2cc([N+](=O)[O-])ccc21)Nc1ccc2nc[nH]c(=O)c2c1. The monoisotopic (exact) mass is 409 g/mol. The van der Waals surface area contributed by atoms with Gasteiger partial charge in [-0.25, -0.2) is 9.78 Å². The van der Waals surface area contributed by atoms with Crippen molar-refractivity contribution in [3.8, 4) is 0 Å². The van der Waals surface area contributed by atoms with Crippen molar-refractivity contribution in [2.24, 2.45) is 0 Å². The topological polar surface area (TPSA) is 153 Å². The van der Waals surface area contributed by atoms with Gasteiger partial charge in [-0.05, 0) is 30.7 Å². The van der Waals surface area contributed by atoms with Crippen molar-refractivity contribution >= 4 is 39.3 Å². The van der Waals surface area contributed by atoms with E-state index in [1.165, 1.54) is 29.1 Å². The standard InChI is InChI=1S/C19H15N5O6/c25-17(22-11-3-5-14-13(8-11)18(26)21-10-20-14)2-1-7-23-15-6-4-12(24(28)29)9-16(15)30-19(23)27/h3-6,8-10H,1-2,7H2,(H,22,25)(H,20,21,26). The largest absolute Gasteiger partial charge is 0.419 e. The number of anilines is 1. The summed E-state index contributed by atoms with van der Waals surface area (Å²) in [6.07, 6.45) is 1.77. The molecule has 4 aromatic rings. The van der Waals surface area contributed by atoms with Crippen molar-refractivity contribution in [2.45, 2.75) is 19.4 Å². The molecule has 30 heavy (non-hydrogen) atoms. The second-order valence-electron chi connectivity index (χ2n) is 6.54. The zero-order valence-electron chi connectivity index (χ0n) is 15.5. The van der Waals surface area contributed by atoms with E-state index in [1.54, 1.807) is 18.2 Å². The maximum Gasteiger partial charge on any atom is 0.419 e. The minimum atomic E-state index is -0.646. The van der Waals surface area contributed by atoms with E-state index in [0.29, 0.717) is 28.5 Å². The molecule has 0 fully saturated rings. The van der Waals surface area contributed by atoms with Gasteiger partial charge >= 0.3 is 5.76 Å². The summed E-state index contributed by atoms with van der Waals surface area (Å²) < 4.78 is 6.39. The first-order chi connectivity index (χ1) is 14.4. The van der Waals surface area contributed by atoms with Gasteiger partial charge in [-0.2, -0.15) is 0 Å². The van der Waals surface area contributed by atoms with Crippen molar-refractivity contribution in [1.29, 1.82) is 0 Å². The molecule has 152 valence electrons. The third-order valence-corrected chi connectivity index (χ3v) is 4.57. The normalized spacial score (nSPS) is 11.1. The number of hydrogen-bond acceptors (Lipinski definition) is 7. The van der Waals surface area contributed by atoms with Crippen LogP contribution in [0, 0.1) is 10.1 Å². The predicted molar refractivity (Wildman–Crippen MR) is 107 cm³/mol. The van der Waals surface area contributed by atoms with Gasteiger partial charge in [-0.3, -0.25) is 24.3 Å². The molecule has 0 saturated heterocycles. The molecule has 1 amide bonds. The van der Waals surface area contributed by atoms with E-state index in [0.717, 1.165) is 0 Å². The Kier molecular flexibility index (Phi) is 4.84. The van der Waals surface area contributed by atoms with Crippen LogP contribution in [0.1, 0.15) is 12.8 Å². The van der Waals surface area contributed by atoms with Crippen molar-refractivity contribution in [3.63, 3.8) is 0 Å². The van der Waals surface area contributed by atoms with Crippen LogP contribution >= 0.6 is 0 Å². The van der Waals surface area contributed by atoms with Crippen LogP contribution in [0.2, 0.25) is 0 Å². The molecule has 2 N–H and O–H groups in total. The van der Waals surface area contributed by atoms with Crippen LogP contribution in [-0.2, 0) is 11.3 Å². The fourth-order valence-electron chi connectivity index (χ4n) is 3.15. The first-order valence-corrected chi connectivity index (χ1v) is 8.97. The van der Waals surface area contributed by atoms with Crippen LogP contribution in [0.15, 0.2) is 56.7 Å². The lowest BCUT2D eigenvalue weighted by atomic mass is 10.2. The van der Waals surface area contributed by atoms with Crippen LogP contribution in [0.25, 0.3) is 22.0 Å². The Bertz CT molecular complexity index is 1400. The summed E-state index contributed by atoms with van der Waals surface area (Å²) in [6, 6.07) is 8.75. The Hall–Kier alpha value is -4.28. The lowest BCUT2D eigenvalue weighted by Crippen LogP contribution is -2.17. The molecular weight excluding hydrogens is 394 g/mol. The molecule has 2 aromatic carbocycles. The third kappa shape index (κ3) is 3.68. The Labute approximate surface area is 167 Å². The summed E-state index contributed by atoms with van der Waals surface area (Å²) in [4.78, 5) is 52.9. The number of aromatic amines is 1. The number of benzene rings is 2. The van der Waals surface area contributed by atoms with Crippen molar-refractivity contribution in [3.05, 3.63) is 73.7 Å². The van der Waals surface area contributed by atoms with E-state index in [9.17, 15) is 24.5 Å². The number of rotatable bonds is 6. The summed E-state index contributed by atoms with van der Waals surface area (Å²) in [5.74, 6) is -0.932. The number of nitrogens with zero attached hydrogens (tertiary/aromatic N) is 3. The number of fused-ring (bicyclic) bond motifs is 2. The molecular formula is C19H15N5O6. The number of nitrogens with one attached hydrogen (secondary N) is 2. The van der Waals surface area contributed by atoms with Gasteiger partial charge in [0.1, 0.15) is 0 Å². The molecule has 0 radical (unpaired) electrons. The summed E-state index contributed by atoms with van der Waals surface area (Å²) >= 11 is 0. The molecule has 0 aliphatic rings. The number of aromatic nitrogens is 3. The minimum Gasteiger partial charge on any atom is -0.407 e. The highest BCUT2D eigenvalue weighted by Crippen LogP contribution is 2.20. The van der Waals surface area contributed by atoms with Gasteiger partial charge in [-0.1, -0.05) is 0 Å². The van der Waals surface area contributed by atoms with Crippen LogP contribution in [0.4, 0.5) is 11.4 Å². The summed E-state index contributed by atoms with van der Waals surface area (Å²) in [5, 5.41) is 13.9. The molecule has 2 aromatic heterocycles. The van der Waals surface area contributed by atoms with Gasteiger partial charge in [0.25, 0.3) is 11.2 Å². The smallest absolute Gasteiger partial charge is 0.407 e. The lowest BCUT2D eigenvalue weighted by molar-refractivity contribution is -0.384. The van der Waals surface area contributed by atoms with Crippen LogP contribution in [0.5, 0.6) is 0 Å². The van der Waals surface area contributed by atoms with Gasteiger partial charge in [0, 0.05) is 24.7 Å². The second kappa shape index (κ2) is 7.62. The molecule has 2 heterocycles. The highest BCUT2D eigenvalue weighted by molar-refractivity contribution is 5.93.